The summed E-state index contributed by atoms with van der Waals surface area (Å²) in [6, 6.07) is 17.9. The van der Waals surface area contributed by atoms with Crippen LogP contribution < -0.4 is 9.05 Å². The molecule has 0 fully saturated rings. The monoisotopic (exact) mass is 500 g/mol. The molecule has 2 aromatic carbocycles. The quantitative estimate of drug-likeness (QED) is 0.175. The largest absolute Gasteiger partial charge is 0.647 e. The topological polar surface area (TPSA) is 54.0 Å². The summed E-state index contributed by atoms with van der Waals surface area (Å²) in [5.41, 5.74) is 1.01. The second-order valence-corrected chi connectivity index (χ2v) is 16.2. The molecular weight excluding hydrogens is 463 g/mol. The molecule has 34 heavy (non-hydrogen) atoms. The number of phosphoric ester groups is 1. The van der Waals surface area contributed by atoms with Gasteiger partial charge in [0.1, 0.15) is 17.3 Å². The lowest BCUT2D eigenvalue weighted by molar-refractivity contribution is 0.255. The molecule has 2 aromatic rings. The average Bonchev–Trinajstić information content (AvgIpc) is 2.78. The van der Waals surface area contributed by atoms with Crippen LogP contribution in [0.1, 0.15) is 46.5 Å². The fraction of sp³-hybridized carbons (Fsp3) is 0.407. The molecule has 184 valence electrons. The zero-order valence-corrected chi connectivity index (χ0v) is 22.8. The van der Waals surface area contributed by atoms with Gasteiger partial charge in [0.05, 0.1) is 0 Å². The van der Waals surface area contributed by atoms with Gasteiger partial charge in [-0.1, -0.05) is 63.2 Å². The molecule has 0 bridgehead atoms. The first-order valence-electron chi connectivity index (χ1n) is 11.9. The minimum atomic E-state index is -3.99. The first kappa shape index (κ1) is 26.3. The molecule has 1 aliphatic rings. The molecular formula is C27H37O5PSi. The van der Waals surface area contributed by atoms with Crippen molar-refractivity contribution in [2.75, 3.05) is 6.61 Å². The molecule has 1 aliphatic carbocycles. The Hall–Kier alpha value is -2.27. The van der Waals surface area contributed by atoms with Crippen LogP contribution in [0.4, 0.5) is 0 Å². The van der Waals surface area contributed by atoms with Crippen LogP contribution in [-0.2, 0) is 13.5 Å². The van der Waals surface area contributed by atoms with Gasteiger partial charge in [-0.2, -0.15) is 4.57 Å². The van der Waals surface area contributed by atoms with E-state index in [1.807, 2.05) is 42.5 Å². The maximum atomic E-state index is 13.8. The summed E-state index contributed by atoms with van der Waals surface area (Å²) >= 11 is 0. The Bertz CT molecular complexity index is 980. The van der Waals surface area contributed by atoms with E-state index in [1.54, 1.807) is 24.3 Å². The molecule has 0 radical (unpaired) electrons. The van der Waals surface area contributed by atoms with E-state index in [9.17, 15) is 4.57 Å². The van der Waals surface area contributed by atoms with Crippen molar-refractivity contribution in [3.63, 3.8) is 0 Å². The van der Waals surface area contributed by atoms with E-state index < -0.39 is 16.1 Å². The molecule has 0 spiro atoms. The Kier molecular flexibility index (Phi) is 8.86. The third-order valence-corrected chi connectivity index (χ3v) is 12.0. The second kappa shape index (κ2) is 11.4. The van der Waals surface area contributed by atoms with E-state index in [-0.39, 0.29) is 5.04 Å². The van der Waals surface area contributed by atoms with Gasteiger partial charge in [0.25, 0.3) is 0 Å². The van der Waals surface area contributed by atoms with Gasteiger partial charge in [-0.25, -0.2) is 0 Å². The van der Waals surface area contributed by atoms with Crippen molar-refractivity contribution in [3.05, 3.63) is 84.1 Å². The van der Waals surface area contributed by atoms with E-state index in [0.717, 1.165) is 31.3 Å². The first-order valence-corrected chi connectivity index (χ1v) is 16.3. The number of hydrogen-bond acceptors (Lipinski definition) is 5. The highest BCUT2D eigenvalue weighted by atomic mass is 31.2. The zero-order valence-electron chi connectivity index (χ0n) is 21.0. The van der Waals surface area contributed by atoms with Gasteiger partial charge in [-0.15, -0.1) is 0 Å². The summed E-state index contributed by atoms with van der Waals surface area (Å²) in [6.07, 6.45) is 7.50. The van der Waals surface area contributed by atoms with Gasteiger partial charge in [0.15, 0.2) is 8.32 Å². The van der Waals surface area contributed by atoms with Crippen LogP contribution in [-0.4, -0.2) is 14.9 Å². The summed E-state index contributed by atoms with van der Waals surface area (Å²) in [6.45, 7) is 12.0. The highest BCUT2D eigenvalue weighted by Gasteiger charge is 2.37. The minimum absolute atomic E-state index is 0.182. The number of benzene rings is 2. The van der Waals surface area contributed by atoms with Gasteiger partial charge in [-0.05, 0) is 79.7 Å². The Morgan fingerprint density at radius 3 is 1.88 bits per heavy atom. The maximum absolute atomic E-state index is 13.8. The molecule has 7 heteroatoms. The second-order valence-electron chi connectivity index (χ2n) is 9.93. The molecule has 0 N–H and O–H groups in total. The SMILES string of the molecule is CC(C)(C)[Si](C)(C)OCCCC1=CCCC=C1OP(=O)(Oc1ccccc1)Oc1ccccc1. The number of allylic oxidation sites excluding steroid dienone is 3. The van der Waals surface area contributed by atoms with E-state index in [4.69, 9.17) is 18.0 Å². The Morgan fingerprint density at radius 2 is 1.35 bits per heavy atom. The molecule has 0 saturated carbocycles. The van der Waals surface area contributed by atoms with Crippen LogP contribution in [0.25, 0.3) is 0 Å². The van der Waals surface area contributed by atoms with Crippen molar-refractivity contribution in [1.82, 2.24) is 0 Å². The Balaban J connectivity index is 1.69. The lowest BCUT2D eigenvalue weighted by atomic mass is 10.0. The molecule has 0 heterocycles. The van der Waals surface area contributed by atoms with Gasteiger partial charge in [0, 0.05) is 6.61 Å². The molecule has 5 nitrogen and oxygen atoms in total. The van der Waals surface area contributed by atoms with Crippen LogP contribution in [0.15, 0.2) is 84.1 Å². The molecule has 3 rings (SSSR count). The van der Waals surface area contributed by atoms with Crippen molar-refractivity contribution in [3.8, 4) is 11.5 Å². The van der Waals surface area contributed by atoms with Crippen molar-refractivity contribution < 1.29 is 22.6 Å². The number of para-hydroxylation sites is 2. The first-order chi connectivity index (χ1) is 16.1. The smallest absolute Gasteiger partial charge is 0.417 e. The van der Waals surface area contributed by atoms with Gasteiger partial charge in [-0.3, -0.25) is 0 Å². The average molecular weight is 501 g/mol. The van der Waals surface area contributed by atoms with E-state index in [1.165, 1.54) is 0 Å². The van der Waals surface area contributed by atoms with Gasteiger partial charge < -0.3 is 18.0 Å². The third-order valence-electron chi connectivity index (χ3n) is 6.19. The summed E-state index contributed by atoms with van der Waals surface area (Å²) < 4.78 is 37.7. The van der Waals surface area contributed by atoms with E-state index in [2.05, 4.69) is 39.9 Å². The molecule has 0 atom stereocenters. The van der Waals surface area contributed by atoms with Gasteiger partial charge >= 0.3 is 7.82 Å². The van der Waals surface area contributed by atoms with Crippen LogP contribution in [0.2, 0.25) is 18.1 Å². The van der Waals surface area contributed by atoms with Gasteiger partial charge in [0.2, 0.25) is 0 Å². The Morgan fingerprint density at radius 1 is 0.824 bits per heavy atom. The van der Waals surface area contributed by atoms with E-state index in [0.29, 0.717) is 23.9 Å². The summed E-state index contributed by atoms with van der Waals surface area (Å²) in [4.78, 5) is 0. The van der Waals surface area contributed by atoms with E-state index >= 15 is 0 Å². The highest BCUT2D eigenvalue weighted by Crippen LogP contribution is 2.52. The molecule has 0 amide bonds. The molecule has 0 aliphatic heterocycles. The predicted molar refractivity (Wildman–Crippen MR) is 141 cm³/mol. The lowest BCUT2D eigenvalue weighted by Crippen LogP contribution is -2.40. The van der Waals surface area contributed by atoms with Crippen molar-refractivity contribution in [2.24, 2.45) is 0 Å². The highest BCUT2D eigenvalue weighted by molar-refractivity contribution is 7.49. The molecule has 0 saturated heterocycles. The molecule has 0 aromatic heterocycles. The fourth-order valence-corrected chi connectivity index (χ4v) is 5.62. The van der Waals surface area contributed by atoms with Crippen LogP contribution >= 0.6 is 7.82 Å². The number of phosphoric acid groups is 1. The lowest BCUT2D eigenvalue weighted by Gasteiger charge is -2.36. The van der Waals surface area contributed by atoms with Crippen molar-refractivity contribution in [2.45, 2.75) is 64.6 Å². The third kappa shape index (κ3) is 7.62. The minimum Gasteiger partial charge on any atom is -0.417 e. The van der Waals surface area contributed by atoms with Crippen LogP contribution in [0.5, 0.6) is 11.5 Å². The molecule has 0 unspecified atom stereocenters. The van der Waals surface area contributed by atoms with Crippen LogP contribution in [0, 0.1) is 0 Å². The summed E-state index contributed by atoms with van der Waals surface area (Å²) in [5.74, 6) is 1.41. The normalized spacial score (nSPS) is 14.7. The van der Waals surface area contributed by atoms with Crippen LogP contribution in [0.3, 0.4) is 0 Å². The maximum Gasteiger partial charge on any atom is 0.647 e. The van der Waals surface area contributed by atoms with Crippen molar-refractivity contribution >= 4 is 16.1 Å². The number of rotatable bonds is 11. The predicted octanol–water partition coefficient (Wildman–Crippen LogP) is 8.68. The summed E-state index contributed by atoms with van der Waals surface area (Å²) in [5, 5.41) is 0.182. The Labute approximate surface area is 205 Å². The standard InChI is InChI=1S/C27H37O5PSi/c1-27(2,3)34(4,5)29-22-14-16-23-15-12-13-21-26(23)32-33(28,30-24-17-8-6-9-18-24)31-25-19-10-7-11-20-25/h6-11,15,17-21H,12-14,16,22H2,1-5H3. The van der Waals surface area contributed by atoms with Crippen molar-refractivity contribution in [1.29, 1.82) is 0 Å². The summed E-state index contributed by atoms with van der Waals surface area (Å²) in [7, 11) is -5.77. The number of hydrogen-bond donors (Lipinski definition) is 0. The zero-order chi connectivity index (χ0) is 24.7. The fourth-order valence-electron chi connectivity index (χ4n) is 3.23.